The van der Waals surface area contributed by atoms with Crippen LogP contribution in [-0.2, 0) is 20.9 Å². The van der Waals surface area contributed by atoms with Gasteiger partial charge in [-0.05, 0) is 42.7 Å². The highest BCUT2D eigenvalue weighted by atomic mass is 16.5. The van der Waals surface area contributed by atoms with Gasteiger partial charge in [-0.15, -0.1) is 0 Å². The van der Waals surface area contributed by atoms with Gasteiger partial charge in [0.1, 0.15) is 11.5 Å². The summed E-state index contributed by atoms with van der Waals surface area (Å²) in [5, 5.41) is 12.3. The molecule has 1 fully saturated rings. The lowest BCUT2D eigenvalue weighted by molar-refractivity contribution is -0.167. The number of nitrogens with one attached hydrogen (secondary N) is 1. The lowest BCUT2D eigenvalue weighted by Crippen LogP contribution is -2.49. The molecule has 2 atom stereocenters. The molecule has 2 unspecified atom stereocenters. The molecule has 0 bridgehead atoms. The van der Waals surface area contributed by atoms with E-state index in [0.717, 1.165) is 11.3 Å². The molecule has 0 aliphatic carbocycles. The number of amides is 1. The van der Waals surface area contributed by atoms with E-state index in [2.05, 4.69) is 5.32 Å². The number of aliphatic carboxylic acids is 1. The van der Waals surface area contributed by atoms with E-state index in [1.54, 1.807) is 6.92 Å². The van der Waals surface area contributed by atoms with Crippen molar-refractivity contribution >= 4 is 11.9 Å². The third kappa shape index (κ3) is 4.11. The largest absolute Gasteiger partial charge is 0.479 e. The van der Waals surface area contributed by atoms with Crippen LogP contribution in [0.15, 0.2) is 54.6 Å². The highest BCUT2D eigenvalue weighted by Gasteiger charge is 2.52. The zero-order chi connectivity index (χ0) is 19.3. The molecule has 6 nitrogen and oxygen atoms in total. The Morgan fingerprint density at radius 1 is 1.15 bits per heavy atom. The fourth-order valence-electron chi connectivity index (χ4n) is 3.36. The predicted octanol–water partition coefficient (Wildman–Crippen LogP) is 3.37. The van der Waals surface area contributed by atoms with Crippen LogP contribution in [0.25, 0.3) is 0 Å². The van der Waals surface area contributed by atoms with E-state index in [4.69, 9.17) is 9.47 Å². The summed E-state index contributed by atoms with van der Waals surface area (Å²) in [6, 6.07) is 16.9. The fourth-order valence-corrected chi connectivity index (χ4v) is 3.36. The SMILES string of the molecule is CCC1(C(=O)O)OCCC1C(=O)NCc1ccc(Oc2ccccc2)cc1. The molecule has 1 aliphatic rings. The van der Waals surface area contributed by atoms with Gasteiger partial charge in [-0.2, -0.15) is 0 Å². The molecular weight excluding hydrogens is 346 g/mol. The molecule has 1 heterocycles. The summed E-state index contributed by atoms with van der Waals surface area (Å²) in [6.45, 7) is 2.33. The predicted molar refractivity (Wildman–Crippen MR) is 99.5 cm³/mol. The first-order valence-electron chi connectivity index (χ1n) is 9.02. The van der Waals surface area contributed by atoms with Crippen molar-refractivity contribution in [2.75, 3.05) is 6.61 Å². The number of para-hydroxylation sites is 1. The fraction of sp³-hybridized carbons (Fsp3) is 0.333. The minimum atomic E-state index is -1.42. The summed E-state index contributed by atoms with van der Waals surface area (Å²) in [5.74, 6) is -0.590. The minimum absolute atomic E-state index is 0.256. The van der Waals surface area contributed by atoms with Gasteiger partial charge in [0.05, 0.1) is 5.92 Å². The first kappa shape index (κ1) is 18.9. The molecule has 0 aromatic heterocycles. The number of hydrogen-bond acceptors (Lipinski definition) is 4. The van der Waals surface area contributed by atoms with Crippen LogP contribution < -0.4 is 10.1 Å². The lowest BCUT2D eigenvalue weighted by Gasteiger charge is -2.28. The molecule has 0 spiro atoms. The molecule has 0 saturated carbocycles. The van der Waals surface area contributed by atoms with Gasteiger partial charge in [0.15, 0.2) is 5.60 Å². The summed E-state index contributed by atoms with van der Waals surface area (Å²) < 4.78 is 11.2. The molecule has 2 N–H and O–H groups in total. The third-order valence-corrected chi connectivity index (χ3v) is 4.90. The standard InChI is InChI=1S/C21H23NO5/c1-2-21(20(24)25)18(12-13-26-21)19(23)22-14-15-8-10-17(11-9-15)27-16-6-4-3-5-7-16/h3-11,18H,2,12-14H2,1H3,(H,22,23)(H,24,25). The zero-order valence-corrected chi connectivity index (χ0v) is 15.2. The molecule has 1 aliphatic heterocycles. The van der Waals surface area contributed by atoms with Gasteiger partial charge >= 0.3 is 5.97 Å². The van der Waals surface area contributed by atoms with Crippen molar-refractivity contribution in [3.8, 4) is 11.5 Å². The van der Waals surface area contributed by atoms with Gasteiger partial charge < -0.3 is 19.9 Å². The molecule has 0 radical (unpaired) electrons. The smallest absolute Gasteiger partial charge is 0.336 e. The molecule has 6 heteroatoms. The van der Waals surface area contributed by atoms with Crippen molar-refractivity contribution in [2.45, 2.75) is 31.9 Å². The van der Waals surface area contributed by atoms with Crippen LogP contribution in [0.3, 0.4) is 0 Å². The molecule has 3 rings (SSSR count). The van der Waals surface area contributed by atoms with Crippen LogP contribution >= 0.6 is 0 Å². The van der Waals surface area contributed by atoms with Gasteiger partial charge in [-0.3, -0.25) is 4.79 Å². The Balaban J connectivity index is 1.58. The van der Waals surface area contributed by atoms with E-state index in [0.29, 0.717) is 18.7 Å². The maximum Gasteiger partial charge on any atom is 0.336 e. The molecule has 2 aromatic carbocycles. The quantitative estimate of drug-likeness (QED) is 0.782. The second-order valence-electron chi connectivity index (χ2n) is 6.51. The minimum Gasteiger partial charge on any atom is -0.479 e. The highest BCUT2D eigenvalue weighted by molar-refractivity contribution is 5.89. The second kappa shape index (κ2) is 8.22. The Morgan fingerprint density at radius 2 is 1.81 bits per heavy atom. The molecular formula is C21H23NO5. The molecule has 142 valence electrons. The van der Waals surface area contributed by atoms with Gasteiger partial charge in [-0.1, -0.05) is 37.3 Å². The topological polar surface area (TPSA) is 84.9 Å². The summed E-state index contributed by atoms with van der Waals surface area (Å²) in [4.78, 5) is 24.1. The van der Waals surface area contributed by atoms with Gasteiger partial charge in [0.25, 0.3) is 0 Å². The Labute approximate surface area is 158 Å². The van der Waals surface area contributed by atoms with E-state index < -0.39 is 17.5 Å². The molecule has 1 amide bonds. The Kier molecular flexibility index (Phi) is 5.76. The van der Waals surface area contributed by atoms with E-state index in [1.165, 1.54) is 0 Å². The number of carboxylic acids is 1. The Morgan fingerprint density at radius 3 is 2.44 bits per heavy atom. The van der Waals surface area contributed by atoms with E-state index in [-0.39, 0.29) is 18.9 Å². The van der Waals surface area contributed by atoms with Crippen molar-refractivity contribution in [2.24, 2.45) is 5.92 Å². The number of carbonyl (C=O) groups is 2. The van der Waals surface area contributed by atoms with Gasteiger partial charge in [0, 0.05) is 13.2 Å². The van der Waals surface area contributed by atoms with E-state index in [1.807, 2.05) is 54.6 Å². The van der Waals surface area contributed by atoms with Crippen molar-refractivity contribution in [3.05, 3.63) is 60.2 Å². The number of rotatable bonds is 7. The van der Waals surface area contributed by atoms with Gasteiger partial charge in [-0.25, -0.2) is 4.79 Å². The summed E-state index contributed by atoms with van der Waals surface area (Å²) in [5.41, 5.74) is -0.516. The maximum atomic E-state index is 12.5. The molecule has 27 heavy (non-hydrogen) atoms. The molecule has 2 aromatic rings. The maximum absolute atomic E-state index is 12.5. The number of carboxylic acid groups (broad SMARTS) is 1. The number of ether oxygens (including phenoxy) is 2. The molecule has 1 saturated heterocycles. The second-order valence-corrected chi connectivity index (χ2v) is 6.51. The van der Waals surface area contributed by atoms with Crippen molar-refractivity contribution in [3.63, 3.8) is 0 Å². The van der Waals surface area contributed by atoms with E-state index >= 15 is 0 Å². The van der Waals surface area contributed by atoms with Gasteiger partial charge in [0.2, 0.25) is 5.91 Å². The van der Waals surface area contributed by atoms with Crippen LogP contribution in [0.4, 0.5) is 0 Å². The van der Waals surface area contributed by atoms with Crippen LogP contribution in [-0.4, -0.2) is 29.2 Å². The Hall–Kier alpha value is -2.86. The number of hydrogen-bond donors (Lipinski definition) is 2. The first-order valence-corrected chi connectivity index (χ1v) is 9.02. The normalized spacial score (nSPS) is 21.6. The van der Waals surface area contributed by atoms with Crippen molar-refractivity contribution in [1.29, 1.82) is 0 Å². The summed E-state index contributed by atoms with van der Waals surface area (Å²) in [7, 11) is 0. The average Bonchev–Trinajstić information content (AvgIpc) is 3.14. The van der Waals surface area contributed by atoms with Crippen LogP contribution in [0.1, 0.15) is 25.3 Å². The summed E-state index contributed by atoms with van der Waals surface area (Å²) in [6.07, 6.45) is 0.668. The third-order valence-electron chi connectivity index (χ3n) is 4.90. The Bertz CT molecular complexity index is 790. The van der Waals surface area contributed by atoms with Crippen LogP contribution in [0, 0.1) is 5.92 Å². The highest BCUT2D eigenvalue weighted by Crippen LogP contribution is 2.35. The van der Waals surface area contributed by atoms with Crippen molar-refractivity contribution < 1.29 is 24.2 Å². The van der Waals surface area contributed by atoms with Crippen molar-refractivity contribution in [1.82, 2.24) is 5.32 Å². The lowest BCUT2D eigenvalue weighted by atomic mass is 9.84. The van der Waals surface area contributed by atoms with Crippen LogP contribution in [0.5, 0.6) is 11.5 Å². The number of benzene rings is 2. The first-order chi connectivity index (χ1) is 13.0. The number of carbonyl (C=O) groups excluding carboxylic acids is 1. The average molecular weight is 369 g/mol. The van der Waals surface area contributed by atoms with Crippen LogP contribution in [0.2, 0.25) is 0 Å². The monoisotopic (exact) mass is 369 g/mol. The van der Waals surface area contributed by atoms with E-state index in [9.17, 15) is 14.7 Å². The zero-order valence-electron chi connectivity index (χ0n) is 15.2. The summed E-state index contributed by atoms with van der Waals surface area (Å²) >= 11 is 0.